The molecule has 2 N–H and O–H groups in total. The number of nitrogens with one attached hydrogen (secondary N) is 1. The molecule has 7 heteroatoms. The van der Waals surface area contributed by atoms with E-state index in [0.717, 1.165) is 0 Å². The van der Waals surface area contributed by atoms with Crippen LogP contribution in [0.2, 0.25) is 0 Å². The molecule has 2 rings (SSSR count). The van der Waals surface area contributed by atoms with E-state index in [2.05, 4.69) is 15.1 Å². The molecule has 84 valence electrons. The van der Waals surface area contributed by atoms with Gasteiger partial charge in [0.05, 0.1) is 6.20 Å². The van der Waals surface area contributed by atoms with Crippen LogP contribution >= 0.6 is 0 Å². The molecule has 0 radical (unpaired) electrons. The SMILES string of the molecule is CC(C)n1ncc2nc(C(=O)O)c(=O)[nH]c21. The number of carboxylic acids is 1. The van der Waals surface area contributed by atoms with Crippen LogP contribution in [0.1, 0.15) is 30.4 Å². The third kappa shape index (κ3) is 1.46. The zero-order valence-corrected chi connectivity index (χ0v) is 8.76. The lowest BCUT2D eigenvalue weighted by molar-refractivity contribution is 0.0689. The number of H-pyrrole nitrogens is 1. The minimum absolute atomic E-state index is 0.0608. The predicted octanol–water partition coefficient (Wildman–Crippen LogP) is 0.399. The van der Waals surface area contributed by atoms with Crippen LogP contribution in [0, 0.1) is 0 Å². The zero-order chi connectivity index (χ0) is 11.9. The average molecular weight is 222 g/mol. The van der Waals surface area contributed by atoms with E-state index in [1.165, 1.54) is 6.20 Å². The highest BCUT2D eigenvalue weighted by atomic mass is 16.4. The van der Waals surface area contributed by atoms with Gasteiger partial charge in [0.25, 0.3) is 5.56 Å². The maximum Gasteiger partial charge on any atom is 0.360 e. The Bertz CT molecular complexity index is 611. The highest BCUT2D eigenvalue weighted by Crippen LogP contribution is 2.11. The summed E-state index contributed by atoms with van der Waals surface area (Å²) in [7, 11) is 0. The van der Waals surface area contributed by atoms with Crippen molar-refractivity contribution >= 4 is 17.1 Å². The summed E-state index contributed by atoms with van der Waals surface area (Å²) in [4.78, 5) is 28.3. The van der Waals surface area contributed by atoms with Crippen LogP contribution in [-0.4, -0.2) is 30.8 Å². The first kappa shape index (κ1) is 10.3. The average Bonchev–Trinajstić information content (AvgIpc) is 2.58. The van der Waals surface area contributed by atoms with Crippen LogP contribution in [0.25, 0.3) is 11.2 Å². The summed E-state index contributed by atoms with van der Waals surface area (Å²) in [5.74, 6) is -1.35. The van der Waals surface area contributed by atoms with E-state index in [9.17, 15) is 9.59 Å². The summed E-state index contributed by atoms with van der Waals surface area (Å²) in [6, 6.07) is 0.0608. The van der Waals surface area contributed by atoms with Crippen molar-refractivity contribution in [3.63, 3.8) is 0 Å². The predicted molar refractivity (Wildman–Crippen MR) is 55.5 cm³/mol. The number of carboxylic acid groups (broad SMARTS) is 1. The largest absolute Gasteiger partial charge is 0.476 e. The summed E-state index contributed by atoms with van der Waals surface area (Å²) in [6.07, 6.45) is 1.43. The number of carbonyl (C=O) groups is 1. The Kier molecular flexibility index (Phi) is 2.22. The van der Waals surface area contributed by atoms with Crippen LogP contribution < -0.4 is 5.56 Å². The van der Waals surface area contributed by atoms with Crippen LogP contribution in [0.5, 0.6) is 0 Å². The Morgan fingerprint density at radius 3 is 2.81 bits per heavy atom. The monoisotopic (exact) mass is 222 g/mol. The first-order valence-corrected chi connectivity index (χ1v) is 4.71. The van der Waals surface area contributed by atoms with Gasteiger partial charge in [-0.2, -0.15) is 5.10 Å². The van der Waals surface area contributed by atoms with Gasteiger partial charge in [0.1, 0.15) is 5.52 Å². The molecule has 0 aliphatic rings. The van der Waals surface area contributed by atoms with Crippen LogP contribution in [0.3, 0.4) is 0 Å². The molecule has 16 heavy (non-hydrogen) atoms. The fraction of sp³-hybridized carbons (Fsp3) is 0.333. The molecule has 0 atom stereocenters. The van der Waals surface area contributed by atoms with E-state index in [0.29, 0.717) is 11.2 Å². The normalized spacial score (nSPS) is 11.2. The number of nitrogens with zero attached hydrogens (tertiary/aromatic N) is 3. The van der Waals surface area contributed by atoms with E-state index in [-0.39, 0.29) is 6.04 Å². The van der Waals surface area contributed by atoms with E-state index in [1.54, 1.807) is 4.68 Å². The number of rotatable bonds is 2. The van der Waals surface area contributed by atoms with E-state index in [1.807, 2.05) is 13.8 Å². The minimum atomic E-state index is -1.35. The Morgan fingerprint density at radius 1 is 1.56 bits per heavy atom. The second-order valence-corrected chi connectivity index (χ2v) is 3.64. The van der Waals surface area contributed by atoms with Crippen molar-refractivity contribution in [1.29, 1.82) is 0 Å². The molecule has 0 bridgehead atoms. The molecule has 0 fully saturated rings. The quantitative estimate of drug-likeness (QED) is 0.765. The van der Waals surface area contributed by atoms with Gasteiger partial charge in [-0.3, -0.25) is 4.79 Å². The van der Waals surface area contributed by atoms with Gasteiger partial charge >= 0.3 is 5.97 Å². The Labute approximate surface area is 89.7 Å². The molecular formula is C9H10N4O3. The summed E-state index contributed by atoms with van der Waals surface area (Å²) in [6.45, 7) is 3.80. The number of aromatic amines is 1. The molecule has 7 nitrogen and oxygen atoms in total. The molecule has 0 saturated heterocycles. The summed E-state index contributed by atoms with van der Waals surface area (Å²) < 4.78 is 1.58. The molecule has 2 heterocycles. The lowest BCUT2D eigenvalue weighted by atomic mass is 10.4. The number of hydrogen-bond donors (Lipinski definition) is 2. The lowest BCUT2D eigenvalue weighted by Crippen LogP contribution is -2.20. The molecule has 2 aromatic heterocycles. The summed E-state index contributed by atoms with van der Waals surface area (Å²) in [5.41, 5.74) is -0.436. The standard InChI is InChI=1S/C9H10N4O3/c1-4(2)13-7-5(3-10-13)11-6(9(15)16)8(14)12-7/h3-4H,1-2H3,(H,12,14)(H,15,16). The van der Waals surface area contributed by atoms with Crippen molar-refractivity contribution in [2.75, 3.05) is 0 Å². The van der Waals surface area contributed by atoms with Crippen LogP contribution in [0.4, 0.5) is 0 Å². The molecule has 0 amide bonds. The first-order valence-electron chi connectivity index (χ1n) is 4.71. The molecule has 0 spiro atoms. The third-order valence-corrected chi connectivity index (χ3v) is 2.15. The van der Waals surface area contributed by atoms with Crippen LogP contribution in [-0.2, 0) is 0 Å². The molecule has 0 saturated carbocycles. The van der Waals surface area contributed by atoms with Gasteiger partial charge in [-0.15, -0.1) is 0 Å². The Hall–Kier alpha value is -2.18. The van der Waals surface area contributed by atoms with Gasteiger partial charge in [0, 0.05) is 6.04 Å². The van der Waals surface area contributed by atoms with Gasteiger partial charge in [-0.25, -0.2) is 14.5 Å². The molecule has 0 aromatic carbocycles. The van der Waals surface area contributed by atoms with Crippen molar-refractivity contribution in [2.45, 2.75) is 19.9 Å². The molecule has 0 aliphatic carbocycles. The molecule has 2 aromatic rings. The molecule has 0 aliphatic heterocycles. The highest BCUT2D eigenvalue weighted by Gasteiger charge is 2.15. The zero-order valence-electron chi connectivity index (χ0n) is 8.76. The fourth-order valence-electron chi connectivity index (χ4n) is 1.43. The van der Waals surface area contributed by atoms with Crippen molar-refractivity contribution in [2.24, 2.45) is 0 Å². The fourth-order valence-corrected chi connectivity index (χ4v) is 1.43. The third-order valence-electron chi connectivity index (χ3n) is 2.15. The Morgan fingerprint density at radius 2 is 2.25 bits per heavy atom. The van der Waals surface area contributed by atoms with Crippen molar-refractivity contribution in [3.05, 3.63) is 22.2 Å². The highest BCUT2D eigenvalue weighted by molar-refractivity contribution is 5.87. The second-order valence-electron chi connectivity index (χ2n) is 3.64. The topological polar surface area (TPSA) is 101 Å². The molecular weight excluding hydrogens is 212 g/mol. The van der Waals surface area contributed by atoms with Gasteiger partial charge in [-0.05, 0) is 13.8 Å². The van der Waals surface area contributed by atoms with Crippen LogP contribution in [0.15, 0.2) is 11.0 Å². The Balaban J connectivity index is 2.76. The van der Waals surface area contributed by atoms with Gasteiger partial charge in [0.2, 0.25) is 5.69 Å². The lowest BCUT2D eigenvalue weighted by Gasteiger charge is -2.05. The number of aromatic nitrogens is 4. The minimum Gasteiger partial charge on any atom is -0.476 e. The van der Waals surface area contributed by atoms with Gasteiger partial charge in [0.15, 0.2) is 5.65 Å². The number of fused-ring (bicyclic) bond motifs is 1. The number of aromatic carboxylic acids is 1. The van der Waals surface area contributed by atoms with E-state index >= 15 is 0 Å². The second kappa shape index (κ2) is 3.44. The first-order chi connectivity index (χ1) is 7.50. The molecule has 0 unspecified atom stereocenters. The van der Waals surface area contributed by atoms with Gasteiger partial charge < -0.3 is 10.1 Å². The number of hydrogen-bond acceptors (Lipinski definition) is 4. The van der Waals surface area contributed by atoms with Gasteiger partial charge in [-0.1, -0.05) is 0 Å². The van der Waals surface area contributed by atoms with E-state index in [4.69, 9.17) is 5.11 Å². The maximum absolute atomic E-state index is 11.4. The smallest absolute Gasteiger partial charge is 0.360 e. The maximum atomic E-state index is 11.4. The summed E-state index contributed by atoms with van der Waals surface area (Å²) in [5, 5.41) is 12.8. The van der Waals surface area contributed by atoms with E-state index < -0.39 is 17.2 Å². The van der Waals surface area contributed by atoms with Crippen molar-refractivity contribution in [1.82, 2.24) is 19.7 Å². The summed E-state index contributed by atoms with van der Waals surface area (Å²) >= 11 is 0. The van der Waals surface area contributed by atoms with Crippen molar-refractivity contribution in [3.8, 4) is 0 Å². The van der Waals surface area contributed by atoms with Crippen molar-refractivity contribution < 1.29 is 9.90 Å².